The second-order valence-corrected chi connectivity index (χ2v) is 8.62. The average Bonchev–Trinajstić information content (AvgIpc) is 3.67. The first kappa shape index (κ1) is 26.0. The number of imidazole rings is 2. The van der Waals surface area contributed by atoms with Gasteiger partial charge < -0.3 is 51.6 Å². The zero-order valence-corrected chi connectivity index (χ0v) is 19.6. The Hall–Kier alpha value is -3.62. The number of aromatic nitrogens is 8. The predicted octanol–water partition coefficient (Wildman–Crippen LogP) is -3.96. The zero-order chi connectivity index (χ0) is 27.1. The number of nitrogens with zero attached hydrogens (tertiary/aromatic N) is 8. The molecule has 38 heavy (non-hydrogen) atoms. The second kappa shape index (κ2) is 10.3. The molecule has 0 saturated carbocycles. The molecular formula is C20H26N10O8. The maximum Gasteiger partial charge on any atom is 0.167 e. The Morgan fingerprint density at radius 2 is 1.03 bits per heavy atom. The van der Waals surface area contributed by atoms with Crippen molar-refractivity contribution in [3.63, 3.8) is 0 Å². The Morgan fingerprint density at radius 1 is 0.632 bits per heavy atom. The van der Waals surface area contributed by atoms with Crippen LogP contribution in [0.25, 0.3) is 22.3 Å². The van der Waals surface area contributed by atoms with Crippen LogP contribution in [0.4, 0.5) is 11.6 Å². The van der Waals surface area contributed by atoms with Gasteiger partial charge in [0.15, 0.2) is 35.4 Å². The third kappa shape index (κ3) is 4.27. The lowest BCUT2D eigenvalue weighted by Crippen LogP contribution is -2.33. The Kier molecular flexibility index (Phi) is 7.03. The summed E-state index contributed by atoms with van der Waals surface area (Å²) in [7, 11) is 0. The van der Waals surface area contributed by atoms with Gasteiger partial charge in [-0.25, -0.2) is 29.9 Å². The van der Waals surface area contributed by atoms with Gasteiger partial charge in [-0.05, 0) is 0 Å². The molecule has 4 aromatic heterocycles. The molecule has 0 bridgehead atoms. The molecule has 6 heterocycles. The summed E-state index contributed by atoms with van der Waals surface area (Å²) in [6.45, 7) is -0.781. The van der Waals surface area contributed by atoms with Crippen LogP contribution in [0.5, 0.6) is 0 Å². The van der Waals surface area contributed by atoms with Gasteiger partial charge in [0, 0.05) is 0 Å². The van der Waals surface area contributed by atoms with Crippen molar-refractivity contribution >= 4 is 34.0 Å². The van der Waals surface area contributed by atoms with Gasteiger partial charge in [0.1, 0.15) is 60.3 Å². The molecule has 0 spiro atoms. The fourth-order valence-electron chi connectivity index (χ4n) is 4.33. The number of fused-ring (bicyclic) bond motifs is 2. The number of rotatable bonds is 4. The highest BCUT2D eigenvalue weighted by Gasteiger charge is 2.45. The van der Waals surface area contributed by atoms with Crippen LogP contribution in [-0.4, -0.2) is 120 Å². The van der Waals surface area contributed by atoms with Crippen molar-refractivity contribution in [2.75, 3.05) is 24.7 Å². The van der Waals surface area contributed by atoms with Crippen molar-refractivity contribution in [1.82, 2.24) is 39.0 Å². The lowest BCUT2D eigenvalue weighted by Gasteiger charge is -2.16. The SMILES string of the molecule is Nc1ncnc2c1ncn2[C@@H]1O[C@H](CO)[C@@H](O)[C@H]1O.Nc1ncnc2c1ncn2[C@@H]1O[C@H](CO)[C@@H](O)[C@H]1O. The molecule has 10 N–H and O–H groups in total. The summed E-state index contributed by atoms with van der Waals surface area (Å²) < 4.78 is 13.7. The summed E-state index contributed by atoms with van der Waals surface area (Å²) in [6.07, 6.45) is -2.85. The van der Waals surface area contributed by atoms with Crippen LogP contribution >= 0.6 is 0 Å². The molecule has 0 radical (unpaired) electrons. The number of nitrogen functional groups attached to an aromatic ring is 2. The maximum atomic E-state index is 9.95. The Labute approximate surface area is 212 Å². The van der Waals surface area contributed by atoms with E-state index in [1.54, 1.807) is 0 Å². The predicted molar refractivity (Wildman–Crippen MR) is 125 cm³/mol. The number of aliphatic hydroxyl groups is 6. The van der Waals surface area contributed by atoms with Gasteiger partial charge in [0.05, 0.1) is 25.9 Å². The summed E-state index contributed by atoms with van der Waals surface area (Å²) in [5, 5.41) is 57.5. The molecule has 2 aliphatic heterocycles. The number of nitrogens with two attached hydrogens (primary N) is 2. The monoisotopic (exact) mass is 534 g/mol. The molecule has 0 aliphatic carbocycles. The highest BCUT2D eigenvalue weighted by atomic mass is 16.6. The molecule has 2 aliphatic rings. The Morgan fingerprint density at radius 3 is 1.37 bits per heavy atom. The smallest absolute Gasteiger partial charge is 0.167 e. The van der Waals surface area contributed by atoms with E-state index in [0.29, 0.717) is 22.3 Å². The minimum Gasteiger partial charge on any atom is -0.394 e. The summed E-state index contributed by atoms with van der Waals surface area (Å²) in [5.74, 6) is 0.436. The van der Waals surface area contributed by atoms with E-state index in [1.807, 2.05) is 0 Å². The van der Waals surface area contributed by atoms with Crippen molar-refractivity contribution < 1.29 is 40.1 Å². The van der Waals surface area contributed by atoms with Crippen LogP contribution in [-0.2, 0) is 9.47 Å². The van der Waals surface area contributed by atoms with Crippen molar-refractivity contribution in [3.8, 4) is 0 Å². The van der Waals surface area contributed by atoms with E-state index in [2.05, 4.69) is 29.9 Å². The second-order valence-electron chi connectivity index (χ2n) is 8.62. The van der Waals surface area contributed by atoms with Gasteiger partial charge in [0.2, 0.25) is 0 Å². The Bertz CT molecular complexity index is 1310. The lowest BCUT2D eigenvalue weighted by atomic mass is 10.1. The third-order valence-corrected chi connectivity index (χ3v) is 6.36. The van der Waals surface area contributed by atoms with Crippen molar-refractivity contribution in [2.45, 2.75) is 49.1 Å². The van der Waals surface area contributed by atoms with Crippen LogP contribution in [0, 0.1) is 0 Å². The molecule has 2 saturated heterocycles. The van der Waals surface area contributed by atoms with Gasteiger partial charge in [-0.2, -0.15) is 0 Å². The minimum atomic E-state index is -1.19. The number of ether oxygens (including phenoxy) is 2. The largest absolute Gasteiger partial charge is 0.394 e. The number of hydrogen-bond acceptors (Lipinski definition) is 16. The highest BCUT2D eigenvalue weighted by Crippen LogP contribution is 2.32. The number of hydrogen-bond donors (Lipinski definition) is 8. The van der Waals surface area contributed by atoms with E-state index in [-0.39, 0.29) is 11.6 Å². The number of anilines is 2. The number of aliphatic hydroxyl groups excluding tert-OH is 6. The Balaban J connectivity index is 0.000000155. The van der Waals surface area contributed by atoms with Crippen molar-refractivity contribution in [2.24, 2.45) is 0 Å². The molecule has 0 aromatic carbocycles. The van der Waals surface area contributed by atoms with Crippen molar-refractivity contribution in [1.29, 1.82) is 0 Å². The standard InChI is InChI=1S/2C10H13N5O4/c2*11-8-5-9(13-2-12-8)15(3-14-5)10-7(18)6(17)4(1-16)19-10/h2*2-4,6-7,10,16-18H,1H2,(H2,11,12,13)/t2*4-,6-,7-,10-/m11/s1. The van der Waals surface area contributed by atoms with E-state index in [9.17, 15) is 20.4 Å². The summed E-state index contributed by atoms with van der Waals surface area (Å²) >= 11 is 0. The molecular weight excluding hydrogens is 508 g/mol. The molecule has 2 fully saturated rings. The van der Waals surface area contributed by atoms with Gasteiger partial charge >= 0.3 is 0 Å². The molecule has 0 unspecified atom stereocenters. The lowest BCUT2D eigenvalue weighted by molar-refractivity contribution is -0.0511. The van der Waals surface area contributed by atoms with E-state index < -0.39 is 62.3 Å². The van der Waals surface area contributed by atoms with E-state index in [1.165, 1.54) is 34.4 Å². The van der Waals surface area contributed by atoms with E-state index >= 15 is 0 Å². The fourth-order valence-corrected chi connectivity index (χ4v) is 4.33. The van der Waals surface area contributed by atoms with Crippen molar-refractivity contribution in [3.05, 3.63) is 25.3 Å². The van der Waals surface area contributed by atoms with Crippen LogP contribution in [0.2, 0.25) is 0 Å². The first-order chi connectivity index (χ1) is 18.3. The van der Waals surface area contributed by atoms with Gasteiger partial charge in [0.25, 0.3) is 0 Å². The van der Waals surface area contributed by atoms with Crippen LogP contribution in [0.15, 0.2) is 25.3 Å². The van der Waals surface area contributed by atoms with Gasteiger partial charge in [-0.3, -0.25) is 9.13 Å². The highest BCUT2D eigenvalue weighted by molar-refractivity contribution is 5.81. The van der Waals surface area contributed by atoms with Crippen LogP contribution < -0.4 is 11.5 Å². The molecule has 204 valence electrons. The quantitative estimate of drug-likeness (QED) is 0.124. The average molecular weight is 534 g/mol. The minimum absolute atomic E-state index is 0.218. The summed E-state index contributed by atoms with van der Waals surface area (Å²) in [6, 6.07) is 0. The van der Waals surface area contributed by atoms with Crippen LogP contribution in [0.3, 0.4) is 0 Å². The molecule has 0 amide bonds. The van der Waals surface area contributed by atoms with E-state index in [0.717, 1.165) is 0 Å². The van der Waals surface area contributed by atoms with Crippen LogP contribution in [0.1, 0.15) is 12.5 Å². The zero-order valence-electron chi connectivity index (χ0n) is 19.6. The van der Waals surface area contributed by atoms with E-state index in [4.69, 9.17) is 31.2 Å². The molecule has 4 aromatic rings. The third-order valence-electron chi connectivity index (χ3n) is 6.36. The first-order valence-corrected chi connectivity index (χ1v) is 11.4. The first-order valence-electron chi connectivity index (χ1n) is 11.4. The molecule has 6 rings (SSSR count). The van der Waals surface area contributed by atoms with Gasteiger partial charge in [-0.1, -0.05) is 0 Å². The topological polar surface area (TPSA) is 279 Å². The summed E-state index contributed by atoms with van der Waals surface area (Å²) in [4.78, 5) is 23.8. The van der Waals surface area contributed by atoms with Gasteiger partial charge in [-0.15, -0.1) is 0 Å². The maximum absolute atomic E-state index is 9.95. The molecule has 8 atom stereocenters. The normalized spacial score (nSPS) is 31.1. The molecule has 18 heteroatoms. The fraction of sp³-hybridized carbons (Fsp3) is 0.500. The molecule has 18 nitrogen and oxygen atoms in total. The summed E-state index contributed by atoms with van der Waals surface area (Å²) in [5.41, 5.74) is 12.9.